The van der Waals surface area contributed by atoms with Crippen molar-refractivity contribution < 1.29 is 24.1 Å². The van der Waals surface area contributed by atoms with Gasteiger partial charge in [0.15, 0.2) is 23.9 Å². The molecule has 1 aliphatic rings. The number of aromatic nitrogens is 2. The SMILES string of the molecule is CCOc1cccc(Nc2nn(C)c3c2Cc2cc(OCC)c(OCC(=O)O)cc2-3)c1. The summed E-state index contributed by atoms with van der Waals surface area (Å²) in [5, 5.41) is 17.1. The zero-order valence-electron chi connectivity index (χ0n) is 17.8. The number of nitrogens with one attached hydrogen (secondary N) is 1. The van der Waals surface area contributed by atoms with Crippen LogP contribution in [0.2, 0.25) is 0 Å². The first kappa shape index (κ1) is 20.6. The van der Waals surface area contributed by atoms with Gasteiger partial charge in [-0.25, -0.2) is 4.79 Å². The van der Waals surface area contributed by atoms with Crippen LogP contribution in [-0.2, 0) is 18.3 Å². The fourth-order valence-corrected chi connectivity index (χ4v) is 3.82. The van der Waals surface area contributed by atoms with Gasteiger partial charge in [0.2, 0.25) is 0 Å². The van der Waals surface area contributed by atoms with E-state index in [4.69, 9.17) is 19.3 Å². The van der Waals surface area contributed by atoms with E-state index < -0.39 is 12.6 Å². The van der Waals surface area contributed by atoms with Crippen LogP contribution in [0.4, 0.5) is 11.5 Å². The van der Waals surface area contributed by atoms with Crippen LogP contribution < -0.4 is 19.5 Å². The summed E-state index contributed by atoms with van der Waals surface area (Å²) in [5.74, 6) is 1.49. The number of rotatable bonds is 9. The molecule has 162 valence electrons. The Morgan fingerprint density at radius 2 is 1.90 bits per heavy atom. The van der Waals surface area contributed by atoms with Crippen LogP contribution in [0.1, 0.15) is 25.0 Å². The lowest BCUT2D eigenvalue weighted by molar-refractivity contribution is -0.139. The molecule has 0 atom stereocenters. The molecule has 2 N–H and O–H groups in total. The third-order valence-electron chi connectivity index (χ3n) is 5.00. The van der Waals surface area contributed by atoms with Crippen molar-refractivity contribution in [2.45, 2.75) is 20.3 Å². The molecule has 8 nitrogen and oxygen atoms in total. The van der Waals surface area contributed by atoms with Crippen molar-refractivity contribution in [3.63, 3.8) is 0 Å². The van der Waals surface area contributed by atoms with Crippen LogP contribution in [0.3, 0.4) is 0 Å². The second-order valence-electron chi connectivity index (χ2n) is 7.13. The average Bonchev–Trinajstić information content (AvgIpc) is 3.24. The highest BCUT2D eigenvalue weighted by Crippen LogP contribution is 2.45. The van der Waals surface area contributed by atoms with Crippen molar-refractivity contribution in [2.75, 3.05) is 25.1 Å². The van der Waals surface area contributed by atoms with Gasteiger partial charge >= 0.3 is 5.97 Å². The third-order valence-corrected chi connectivity index (χ3v) is 5.00. The van der Waals surface area contributed by atoms with Gasteiger partial charge in [-0.1, -0.05) is 6.07 Å². The Kier molecular flexibility index (Phi) is 5.70. The minimum absolute atomic E-state index is 0.413. The minimum atomic E-state index is -1.04. The largest absolute Gasteiger partial charge is 0.494 e. The van der Waals surface area contributed by atoms with Gasteiger partial charge in [0, 0.05) is 36.3 Å². The zero-order chi connectivity index (χ0) is 22.0. The standard InChI is InChI=1S/C23H25N3O5/c1-4-29-16-8-6-7-15(11-16)24-23-18-9-14-10-19(30-5-2)20(31-13-21(27)28)12-17(14)22(18)26(3)25-23/h6-8,10-12H,4-5,9,13H2,1-3H3,(H,24,25)(H,27,28). The zero-order valence-corrected chi connectivity index (χ0v) is 17.8. The van der Waals surface area contributed by atoms with Crippen molar-refractivity contribution in [1.82, 2.24) is 9.78 Å². The topological polar surface area (TPSA) is 94.8 Å². The number of anilines is 2. The van der Waals surface area contributed by atoms with Crippen LogP contribution in [-0.4, -0.2) is 40.7 Å². The molecule has 0 spiro atoms. The molecule has 0 amide bonds. The highest BCUT2D eigenvalue weighted by atomic mass is 16.5. The Labute approximate surface area is 180 Å². The molecule has 0 bridgehead atoms. The Morgan fingerprint density at radius 3 is 2.65 bits per heavy atom. The van der Waals surface area contributed by atoms with Crippen LogP contribution in [0, 0.1) is 0 Å². The van der Waals surface area contributed by atoms with E-state index in [0.29, 0.717) is 31.1 Å². The van der Waals surface area contributed by atoms with E-state index >= 15 is 0 Å². The second kappa shape index (κ2) is 8.59. The predicted molar refractivity (Wildman–Crippen MR) is 117 cm³/mol. The quantitative estimate of drug-likeness (QED) is 0.420. The van der Waals surface area contributed by atoms with E-state index in [9.17, 15) is 4.79 Å². The summed E-state index contributed by atoms with van der Waals surface area (Å²) in [5.41, 5.74) is 4.98. The van der Waals surface area contributed by atoms with Crippen LogP contribution in [0.15, 0.2) is 36.4 Å². The molecule has 2 aromatic carbocycles. The molecule has 0 saturated heterocycles. The number of carbonyl (C=O) groups is 1. The number of hydrogen-bond acceptors (Lipinski definition) is 6. The number of aliphatic carboxylic acids is 1. The Balaban J connectivity index is 1.68. The first-order chi connectivity index (χ1) is 15.0. The Morgan fingerprint density at radius 1 is 1.13 bits per heavy atom. The number of carboxylic acid groups (broad SMARTS) is 1. The molecule has 1 aromatic heterocycles. The third kappa shape index (κ3) is 4.14. The molecule has 0 aliphatic heterocycles. The summed E-state index contributed by atoms with van der Waals surface area (Å²) < 4.78 is 18.6. The van der Waals surface area contributed by atoms with Crippen molar-refractivity contribution in [3.05, 3.63) is 47.5 Å². The highest BCUT2D eigenvalue weighted by Gasteiger charge is 2.29. The summed E-state index contributed by atoms with van der Waals surface area (Å²) in [4.78, 5) is 11.0. The monoisotopic (exact) mass is 423 g/mol. The lowest BCUT2D eigenvalue weighted by Gasteiger charge is -2.13. The number of fused-ring (bicyclic) bond motifs is 3. The number of hydrogen-bond donors (Lipinski definition) is 2. The number of carboxylic acids is 1. The fraction of sp³-hybridized carbons (Fsp3) is 0.304. The van der Waals surface area contributed by atoms with Crippen molar-refractivity contribution in [3.8, 4) is 28.5 Å². The molecule has 31 heavy (non-hydrogen) atoms. The van der Waals surface area contributed by atoms with Gasteiger partial charge in [-0.15, -0.1) is 0 Å². The van der Waals surface area contributed by atoms with Crippen LogP contribution >= 0.6 is 0 Å². The molecule has 1 heterocycles. The van der Waals surface area contributed by atoms with E-state index in [2.05, 4.69) is 10.4 Å². The van der Waals surface area contributed by atoms with Crippen LogP contribution in [0.25, 0.3) is 11.3 Å². The van der Waals surface area contributed by atoms with Crippen molar-refractivity contribution in [1.29, 1.82) is 0 Å². The predicted octanol–water partition coefficient (Wildman–Crippen LogP) is 4.00. The van der Waals surface area contributed by atoms with E-state index in [-0.39, 0.29) is 0 Å². The highest BCUT2D eigenvalue weighted by molar-refractivity contribution is 5.82. The van der Waals surface area contributed by atoms with Gasteiger partial charge in [-0.2, -0.15) is 5.10 Å². The van der Waals surface area contributed by atoms with E-state index in [1.165, 1.54) is 0 Å². The number of ether oxygens (including phenoxy) is 3. The van der Waals surface area contributed by atoms with Crippen LogP contribution in [0.5, 0.6) is 17.2 Å². The van der Waals surface area contributed by atoms with Gasteiger partial charge in [0.05, 0.1) is 18.9 Å². The molecule has 4 rings (SSSR count). The molecule has 0 radical (unpaired) electrons. The van der Waals surface area contributed by atoms with Gasteiger partial charge in [0.25, 0.3) is 0 Å². The average molecular weight is 423 g/mol. The van der Waals surface area contributed by atoms with Gasteiger partial charge in [0.1, 0.15) is 5.75 Å². The Hall–Kier alpha value is -3.68. The molecule has 0 unspecified atom stereocenters. The van der Waals surface area contributed by atoms with E-state index in [1.54, 1.807) is 0 Å². The summed E-state index contributed by atoms with van der Waals surface area (Å²) in [7, 11) is 1.89. The van der Waals surface area contributed by atoms with Gasteiger partial charge < -0.3 is 24.6 Å². The summed E-state index contributed by atoms with van der Waals surface area (Å²) in [6, 6.07) is 11.5. The lowest BCUT2D eigenvalue weighted by Crippen LogP contribution is -2.10. The molecular weight excluding hydrogens is 398 g/mol. The summed E-state index contributed by atoms with van der Waals surface area (Å²) in [6.07, 6.45) is 0.686. The normalized spacial score (nSPS) is 11.6. The molecule has 1 aliphatic carbocycles. The molecule has 8 heteroatoms. The summed E-state index contributed by atoms with van der Waals surface area (Å²) >= 11 is 0. The maximum absolute atomic E-state index is 11.0. The maximum atomic E-state index is 11.0. The fourth-order valence-electron chi connectivity index (χ4n) is 3.82. The summed E-state index contributed by atoms with van der Waals surface area (Å²) in [6.45, 7) is 4.46. The number of nitrogens with zero attached hydrogens (tertiary/aromatic N) is 2. The lowest BCUT2D eigenvalue weighted by atomic mass is 10.1. The smallest absolute Gasteiger partial charge is 0.341 e. The molecular formula is C23H25N3O5. The maximum Gasteiger partial charge on any atom is 0.341 e. The molecule has 3 aromatic rings. The first-order valence-electron chi connectivity index (χ1n) is 10.2. The molecule has 0 saturated carbocycles. The van der Waals surface area contributed by atoms with Crippen molar-refractivity contribution in [2.24, 2.45) is 7.05 Å². The first-order valence-corrected chi connectivity index (χ1v) is 10.2. The minimum Gasteiger partial charge on any atom is -0.494 e. The number of aryl methyl sites for hydroxylation is 1. The number of benzene rings is 2. The Bertz CT molecular complexity index is 1120. The second-order valence-corrected chi connectivity index (χ2v) is 7.13. The van der Waals surface area contributed by atoms with Gasteiger partial charge in [-0.3, -0.25) is 4.68 Å². The van der Waals surface area contributed by atoms with Crippen molar-refractivity contribution >= 4 is 17.5 Å². The van der Waals surface area contributed by atoms with Gasteiger partial charge in [-0.05, 0) is 43.7 Å². The van der Waals surface area contributed by atoms with E-state index in [1.807, 2.05) is 62.0 Å². The van der Waals surface area contributed by atoms with E-state index in [0.717, 1.165) is 39.6 Å². The molecule has 0 fully saturated rings.